The Morgan fingerprint density at radius 3 is 3.09 bits per heavy atom. The smallest absolute Gasteiger partial charge is 0.0760 e. The average molecular weight is 291 g/mol. The molecule has 1 aliphatic carbocycles. The Kier molecular flexibility index (Phi) is 2.55. The van der Waals surface area contributed by atoms with Crippen LogP contribution in [0.25, 0.3) is 16.6 Å². The number of nitrogens with zero attached hydrogens (tertiary/aromatic N) is 3. The molecule has 2 atom stereocenters. The lowest BCUT2D eigenvalue weighted by Gasteiger charge is -2.38. The maximum atomic E-state index is 4.61. The van der Waals surface area contributed by atoms with E-state index in [0.29, 0.717) is 6.04 Å². The van der Waals surface area contributed by atoms with Gasteiger partial charge in [0.15, 0.2) is 0 Å². The van der Waals surface area contributed by atoms with E-state index in [1.165, 1.54) is 41.4 Å². The molecule has 112 valence electrons. The van der Waals surface area contributed by atoms with Crippen LogP contribution in [0.15, 0.2) is 41.2 Å². The maximum Gasteiger partial charge on any atom is 0.0760 e. The van der Waals surface area contributed by atoms with E-state index in [4.69, 9.17) is 0 Å². The number of aromatic nitrogens is 1. The van der Waals surface area contributed by atoms with Gasteiger partial charge in [-0.15, -0.1) is 0 Å². The van der Waals surface area contributed by atoms with Crippen molar-refractivity contribution in [2.75, 3.05) is 13.1 Å². The maximum absolute atomic E-state index is 4.61. The Balaban J connectivity index is 1.84. The molecule has 5 rings (SSSR count). The molecule has 2 unspecified atom stereocenters. The van der Waals surface area contributed by atoms with Gasteiger partial charge in [-0.1, -0.05) is 25.1 Å². The van der Waals surface area contributed by atoms with Gasteiger partial charge >= 0.3 is 0 Å². The van der Waals surface area contributed by atoms with Crippen molar-refractivity contribution in [2.24, 2.45) is 10.9 Å². The number of allylic oxidation sites excluding steroid dienone is 2. The van der Waals surface area contributed by atoms with Gasteiger partial charge in [-0.05, 0) is 31.2 Å². The summed E-state index contributed by atoms with van der Waals surface area (Å²) in [5.41, 5.74) is 5.94. The molecule has 0 fully saturated rings. The number of hydrogen-bond donors (Lipinski definition) is 0. The number of hydrogen-bond acceptors (Lipinski definition) is 2. The van der Waals surface area contributed by atoms with E-state index in [0.717, 1.165) is 19.0 Å². The zero-order valence-electron chi connectivity index (χ0n) is 13.0. The highest BCUT2D eigenvalue weighted by Crippen LogP contribution is 2.44. The molecule has 0 saturated heterocycles. The Morgan fingerprint density at radius 1 is 1.18 bits per heavy atom. The fourth-order valence-corrected chi connectivity index (χ4v) is 4.45. The van der Waals surface area contributed by atoms with Crippen LogP contribution >= 0.6 is 0 Å². The molecule has 0 N–H and O–H groups in total. The van der Waals surface area contributed by atoms with Crippen LogP contribution in [0, 0.1) is 5.92 Å². The van der Waals surface area contributed by atoms with Crippen molar-refractivity contribution in [1.29, 1.82) is 0 Å². The molecule has 0 saturated carbocycles. The second-order valence-corrected chi connectivity index (χ2v) is 6.93. The van der Waals surface area contributed by atoms with Gasteiger partial charge in [0.25, 0.3) is 0 Å². The van der Waals surface area contributed by atoms with Crippen molar-refractivity contribution < 1.29 is 0 Å². The highest BCUT2D eigenvalue weighted by Gasteiger charge is 2.34. The SMILES string of the molecule is CC1CCC2=C(C1)N1CC=NCC1c1cccc3ccn2c13. The third-order valence-electron chi connectivity index (χ3n) is 5.55. The standard InChI is InChI=1S/C19H21N3/c1-13-5-6-16-17(11-13)21-10-8-20-12-18(21)15-4-2-3-14-7-9-22(16)19(14)15/h2-4,7-9,13,18H,5-6,10-12H2,1H3. The molecule has 0 spiro atoms. The molecule has 0 radical (unpaired) electrons. The zero-order chi connectivity index (χ0) is 14.7. The van der Waals surface area contributed by atoms with E-state index >= 15 is 0 Å². The molecule has 3 heterocycles. The van der Waals surface area contributed by atoms with Gasteiger partial charge in [0.1, 0.15) is 0 Å². The topological polar surface area (TPSA) is 20.5 Å². The van der Waals surface area contributed by atoms with Crippen molar-refractivity contribution in [2.45, 2.75) is 32.2 Å². The highest BCUT2D eigenvalue weighted by molar-refractivity contribution is 5.88. The van der Waals surface area contributed by atoms with Gasteiger partial charge in [-0.25, -0.2) is 0 Å². The lowest BCUT2D eigenvalue weighted by atomic mass is 9.90. The van der Waals surface area contributed by atoms with Crippen LogP contribution in [-0.2, 0) is 0 Å². The lowest BCUT2D eigenvalue weighted by molar-refractivity contribution is 0.262. The summed E-state index contributed by atoms with van der Waals surface area (Å²) in [4.78, 5) is 7.23. The Labute approximate surface area is 130 Å². The van der Waals surface area contributed by atoms with E-state index < -0.39 is 0 Å². The summed E-state index contributed by atoms with van der Waals surface area (Å²) >= 11 is 0. The number of fused-ring (bicyclic) bond motifs is 4. The lowest BCUT2D eigenvalue weighted by Crippen LogP contribution is -2.36. The van der Waals surface area contributed by atoms with E-state index in [2.05, 4.69) is 58.1 Å². The molecule has 0 amide bonds. The number of rotatable bonds is 0. The first-order valence-corrected chi connectivity index (χ1v) is 8.40. The monoisotopic (exact) mass is 291 g/mol. The van der Waals surface area contributed by atoms with Crippen molar-refractivity contribution in [3.63, 3.8) is 0 Å². The largest absolute Gasteiger partial charge is 0.359 e. The number of para-hydroxylation sites is 1. The molecular formula is C19H21N3. The molecule has 1 aromatic heterocycles. The summed E-state index contributed by atoms with van der Waals surface area (Å²) in [5, 5.41) is 1.36. The van der Waals surface area contributed by atoms with Crippen LogP contribution in [0.1, 0.15) is 37.8 Å². The van der Waals surface area contributed by atoms with Crippen molar-refractivity contribution in [1.82, 2.24) is 9.47 Å². The van der Waals surface area contributed by atoms with Gasteiger partial charge in [0, 0.05) is 34.8 Å². The predicted octanol–water partition coefficient (Wildman–Crippen LogP) is 4.07. The quantitative estimate of drug-likeness (QED) is 0.716. The summed E-state index contributed by atoms with van der Waals surface area (Å²) < 4.78 is 2.48. The van der Waals surface area contributed by atoms with Crippen LogP contribution in [0.4, 0.5) is 0 Å². The van der Waals surface area contributed by atoms with E-state index in [1.54, 1.807) is 5.70 Å². The number of aliphatic imine (C=N–C) groups is 1. The van der Waals surface area contributed by atoms with Crippen LogP contribution < -0.4 is 0 Å². The summed E-state index contributed by atoms with van der Waals surface area (Å²) in [6.07, 6.45) is 8.07. The Bertz CT molecular complexity index is 811. The third-order valence-corrected chi connectivity index (χ3v) is 5.55. The molecule has 3 aliphatic rings. The summed E-state index contributed by atoms with van der Waals surface area (Å²) in [6, 6.07) is 9.41. The van der Waals surface area contributed by atoms with Gasteiger partial charge in [0.2, 0.25) is 0 Å². The van der Waals surface area contributed by atoms with Gasteiger partial charge in [-0.3, -0.25) is 4.99 Å². The molecule has 2 aromatic rings. The second kappa shape index (κ2) is 4.48. The average Bonchev–Trinajstić information content (AvgIpc) is 2.94. The second-order valence-electron chi connectivity index (χ2n) is 6.93. The van der Waals surface area contributed by atoms with E-state index in [-0.39, 0.29) is 0 Å². The Morgan fingerprint density at radius 2 is 2.14 bits per heavy atom. The highest BCUT2D eigenvalue weighted by atomic mass is 15.2. The first-order chi connectivity index (χ1) is 10.8. The summed E-state index contributed by atoms with van der Waals surface area (Å²) in [5.74, 6) is 0.783. The van der Waals surface area contributed by atoms with Crippen LogP contribution in [-0.4, -0.2) is 28.8 Å². The first-order valence-electron chi connectivity index (χ1n) is 8.40. The molecule has 3 nitrogen and oxygen atoms in total. The minimum absolute atomic E-state index is 0.403. The minimum Gasteiger partial charge on any atom is -0.359 e. The zero-order valence-corrected chi connectivity index (χ0v) is 13.0. The molecule has 22 heavy (non-hydrogen) atoms. The number of benzene rings is 1. The van der Waals surface area contributed by atoms with Gasteiger partial charge in [0.05, 0.1) is 24.6 Å². The van der Waals surface area contributed by atoms with E-state index in [9.17, 15) is 0 Å². The third kappa shape index (κ3) is 1.59. The molecule has 3 heteroatoms. The van der Waals surface area contributed by atoms with Crippen LogP contribution in [0.3, 0.4) is 0 Å². The normalized spacial score (nSPS) is 26.9. The van der Waals surface area contributed by atoms with Gasteiger partial charge in [-0.2, -0.15) is 0 Å². The molecule has 2 aliphatic heterocycles. The molecule has 0 bridgehead atoms. The summed E-state index contributed by atoms with van der Waals surface area (Å²) in [7, 11) is 0. The van der Waals surface area contributed by atoms with Crippen molar-refractivity contribution in [3.05, 3.63) is 41.7 Å². The van der Waals surface area contributed by atoms with Crippen molar-refractivity contribution >= 4 is 22.8 Å². The fourth-order valence-electron chi connectivity index (χ4n) is 4.45. The van der Waals surface area contributed by atoms with Crippen LogP contribution in [0.5, 0.6) is 0 Å². The minimum atomic E-state index is 0.403. The predicted molar refractivity (Wildman–Crippen MR) is 91.0 cm³/mol. The first kappa shape index (κ1) is 12.5. The van der Waals surface area contributed by atoms with Crippen molar-refractivity contribution in [3.8, 4) is 0 Å². The van der Waals surface area contributed by atoms with E-state index in [1.807, 2.05) is 0 Å². The summed E-state index contributed by atoms with van der Waals surface area (Å²) in [6.45, 7) is 4.23. The van der Waals surface area contributed by atoms with Crippen LogP contribution in [0.2, 0.25) is 0 Å². The van der Waals surface area contributed by atoms with Gasteiger partial charge < -0.3 is 9.47 Å². The molecular weight excluding hydrogens is 270 g/mol. The molecule has 1 aromatic carbocycles. The Hall–Kier alpha value is -2.03. The fraction of sp³-hybridized carbons (Fsp3) is 0.421.